The highest BCUT2D eigenvalue weighted by molar-refractivity contribution is 7.92. The van der Waals surface area contributed by atoms with Crippen LogP contribution in [0.15, 0.2) is 48.5 Å². The smallest absolute Gasteiger partial charge is 0.242 e. The molecule has 0 saturated carbocycles. The number of likely N-dealkylation sites (N-methyl/N-ethyl adjacent to an activating group) is 1. The minimum Gasteiger partial charge on any atom is -0.355 e. The fraction of sp³-hybridized carbons (Fsp3) is 0.440. The highest BCUT2D eigenvalue weighted by atomic mass is 35.5. The number of nitrogens with zero attached hydrogens (tertiary/aromatic N) is 2. The summed E-state index contributed by atoms with van der Waals surface area (Å²) in [5.74, 6) is -0.399. The molecule has 1 atom stereocenters. The predicted molar refractivity (Wildman–Crippen MR) is 143 cm³/mol. The van der Waals surface area contributed by atoms with Crippen LogP contribution in [-0.2, 0) is 26.0 Å². The highest BCUT2D eigenvalue weighted by Gasteiger charge is 2.28. The molecule has 0 saturated heterocycles. The van der Waals surface area contributed by atoms with Gasteiger partial charge >= 0.3 is 0 Å². The number of hydrogen-bond donors (Lipinski definition) is 1. The van der Waals surface area contributed by atoms with E-state index in [9.17, 15) is 18.0 Å². The van der Waals surface area contributed by atoms with Crippen molar-refractivity contribution in [2.45, 2.75) is 45.6 Å². The molecule has 35 heavy (non-hydrogen) atoms. The van der Waals surface area contributed by atoms with E-state index < -0.39 is 16.1 Å². The van der Waals surface area contributed by atoms with E-state index in [4.69, 9.17) is 23.2 Å². The van der Waals surface area contributed by atoms with Crippen LogP contribution in [0.4, 0.5) is 5.69 Å². The van der Waals surface area contributed by atoms with E-state index in [1.807, 2.05) is 44.2 Å². The standard InChI is InChI=1S/C25H33Cl2N3O4S/c1-4-22(25(32)28-5-2)29(17-15-19-10-7-6-8-11-19)24(31)12-9-16-30(35(3,33)34)23-18-20(26)13-14-21(23)27/h6-8,10-11,13-14,18,22H,4-5,9,12,15-17H2,1-3H3,(H,28,32)/t22-/m1/s1. The molecular formula is C25H33Cl2N3O4S. The fourth-order valence-corrected chi connectivity index (χ4v) is 5.25. The lowest BCUT2D eigenvalue weighted by Gasteiger charge is -2.31. The average Bonchev–Trinajstić information content (AvgIpc) is 2.81. The van der Waals surface area contributed by atoms with Crippen molar-refractivity contribution in [3.05, 3.63) is 64.1 Å². The molecule has 2 aromatic rings. The number of nitrogens with one attached hydrogen (secondary N) is 1. The second-order valence-corrected chi connectivity index (χ2v) is 10.9. The Bertz CT molecular complexity index is 1100. The molecule has 10 heteroatoms. The first-order valence-corrected chi connectivity index (χ1v) is 14.2. The normalized spacial score (nSPS) is 12.1. The summed E-state index contributed by atoms with van der Waals surface area (Å²) in [6.07, 6.45) is 2.49. The van der Waals surface area contributed by atoms with Crippen LogP contribution in [0.2, 0.25) is 10.0 Å². The molecule has 2 amide bonds. The number of benzene rings is 2. The van der Waals surface area contributed by atoms with Crippen LogP contribution >= 0.6 is 23.2 Å². The molecule has 0 aliphatic rings. The van der Waals surface area contributed by atoms with Gasteiger partial charge in [0, 0.05) is 31.1 Å². The van der Waals surface area contributed by atoms with Crippen LogP contribution in [0.1, 0.15) is 38.7 Å². The molecule has 192 valence electrons. The quantitative estimate of drug-likeness (QED) is 0.403. The van der Waals surface area contributed by atoms with Crippen LogP contribution in [0.3, 0.4) is 0 Å². The van der Waals surface area contributed by atoms with Gasteiger partial charge in [-0.2, -0.15) is 0 Å². The molecule has 2 rings (SSSR count). The number of carbonyl (C=O) groups excluding carboxylic acids is 2. The van der Waals surface area contributed by atoms with Gasteiger partial charge in [0.2, 0.25) is 21.8 Å². The first-order chi connectivity index (χ1) is 16.6. The van der Waals surface area contributed by atoms with E-state index in [2.05, 4.69) is 5.32 Å². The summed E-state index contributed by atoms with van der Waals surface area (Å²) < 4.78 is 26.1. The molecule has 0 bridgehead atoms. The SMILES string of the molecule is CCNC(=O)[C@@H](CC)N(CCc1ccccc1)C(=O)CCCN(c1cc(Cl)ccc1Cl)S(C)(=O)=O. The number of sulfonamides is 1. The van der Waals surface area contributed by atoms with Gasteiger partial charge in [-0.1, -0.05) is 60.5 Å². The first kappa shape index (κ1) is 28.9. The largest absolute Gasteiger partial charge is 0.355 e. The van der Waals surface area contributed by atoms with E-state index in [0.29, 0.717) is 31.0 Å². The summed E-state index contributed by atoms with van der Waals surface area (Å²) in [5, 5.41) is 3.41. The lowest BCUT2D eigenvalue weighted by atomic mass is 10.1. The number of amides is 2. The van der Waals surface area contributed by atoms with E-state index in [0.717, 1.165) is 16.1 Å². The van der Waals surface area contributed by atoms with E-state index in [-0.39, 0.29) is 41.9 Å². The third-order valence-corrected chi connectivity index (χ3v) is 7.28. The Balaban J connectivity index is 2.17. The average molecular weight is 543 g/mol. The van der Waals surface area contributed by atoms with Crippen molar-refractivity contribution in [3.8, 4) is 0 Å². The van der Waals surface area contributed by atoms with Crippen LogP contribution in [0.25, 0.3) is 0 Å². The van der Waals surface area contributed by atoms with Crippen molar-refractivity contribution in [2.75, 3.05) is 30.2 Å². The van der Waals surface area contributed by atoms with Gasteiger partial charge in [0.1, 0.15) is 6.04 Å². The van der Waals surface area contributed by atoms with Gasteiger partial charge in [-0.3, -0.25) is 13.9 Å². The lowest BCUT2D eigenvalue weighted by Crippen LogP contribution is -2.50. The topological polar surface area (TPSA) is 86.8 Å². The molecule has 0 spiro atoms. The third kappa shape index (κ3) is 8.70. The zero-order valence-corrected chi connectivity index (χ0v) is 22.7. The maximum atomic E-state index is 13.3. The van der Waals surface area contributed by atoms with Gasteiger partial charge in [-0.15, -0.1) is 0 Å². The fourth-order valence-electron chi connectivity index (χ4n) is 3.85. The highest BCUT2D eigenvalue weighted by Crippen LogP contribution is 2.31. The van der Waals surface area contributed by atoms with Crippen molar-refractivity contribution in [3.63, 3.8) is 0 Å². The van der Waals surface area contributed by atoms with Crippen LogP contribution in [0.5, 0.6) is 0 Å². The van der Waals surface area contributed by atoms with Crippen molar-refractivity contribution < 1.29 is 18.0 Å². The van der Waals surface area contributed by atoms with Crippen molar-refractivity contribution in [1.82, 2.24) is 10.2 Å². The minimum atomic E-state index is -3.66. The molecule has 0 aliphatic carbocycles. The molecule has 0 radical (unpaired) electrons. The summed E-state index contributed by atoms with van der Waals surface area (Å²) in [6, 6.07) is 13.8. The molecule has 0 heterocycles. The molecule has 0 aliphatic heterocycles. The zero-order chi connectivity index (χ0) is 26.0. The van der Waals surface area contributed by atoms with Crippen molar-refractivity contribution >= 4 is 50.7 Å². The monoisotopic (exact) mass is 541 g/mol. The summed E-state index contributed by atoms with van der Waals surface area (Å²) in [7, 11) is -3.66. The van der Waals surface area contributed by atoms with Crippen LogP contribution in [-0.4, -0.2) is 57.1 Å². The molecule has 0 fully saturated rings. The summed E-state index contributed by atoms with van der Waals surface area (Å²) >= 11 is 12.3. The Kier molecular flexibility index (Phi) is 11.3. The molecular weight excluding hydrogens is 509 g/mol. The zero-order valence-electron chi connectivity index (χ0n) is 20.3. The molecule has 7 nitrogen and oxygen atoms in total. The van der Waals surface area contributed by atoms with Crippen molar-refractivity contribution in [2.24, 2.45) is 0 Å². The van der Waals surface area contributed by atoms with Crippen molar-refractivity contribution in [1.29, 1.82) is 0 Å². The minimum absolute atomic E-state index is 0.0507. The Morgan fingerprint density at radius 1 is 1.03 bits per heavy atom. The molecule has 0 unspecified atom stereocenters. The van der Waals surface area contributed by atoms with E-state index in [1.54, 1.807) is 11.0 Å². The third-order valence-electron chi connectivity index (χ3n) is 5.55. The van der Waals surface area contributed by atoms with E-state index in [1.165, 1.54) is 12.1 Å². The molecule has 1 N–H and O–H groups in total. The predicted octanol–water partition coefficient (Wildman–Crippen LogP) is 4.53. The number of anilines is 1. The molecule has 0 aromatic heterocycles. The van der Waals surface area contributed by atoms with Gasteiger partial charge in [0.25, 0.3) is 0 Å². The summed E-state index contributed by atoms with van der Waals surface area (Å²) in [5.41, 5.74) is 1.33. The Hall–Kier alpha value is -2.29. The number of halogens is 2. The maximum absolute atomic E-state index is 13.3. The second-order valence-electron chi connectivity index (χ2n) is 8.18. The lowest BCUT2D eigenvalue weighted by molar-refractivity contribution is -0.140. The Labute approximate surface area is 218 Å². The first-order valence-electron chi connectivity index (χ1n) is 11.6. The van der Waals surface area contributed by atoms with Gasteiger partial charge in [0.05, 0.1) is 17.0 Å². The van der Waals surface area contributed by atoms with Gasteiger partial charge < -0.3 is 10.2 Å². The second kappa shape index (κ2) is 13.7. The van der Waals surface area contributed by atoms with Gasteiger partial charge in [-0.05, 0) is 49.9 Å². The Morgan fingerprint density at radius 3 is 2.31 bits per heavy atom. The molecule has 2 aromatic carbocycles. The van der Waals surface area contributed by atoms with E-state index >= 15 is 0 Å². The summed E-state index contributed by atoms with van der Waals surface area (Å²) in [6.45, 7) is 4.61. The summed E-state index contributed by atoms with van der Waals surface area (Å²) in [4.78, 5) is 27.6. The maximum Gasteiger partial charge on any atom is 0.242 e. The number of hydrogen-bond acceptors (Lipinski definition) is 4. The number of carbonyl (C=O) groups is 2. The van der Waals surface area contributed by atoms with Gasteiger partial charge in [-0.25, -0.2) is 8.42 Å². The van der Waals surface area contributed by atoms with Crippen LogP contribution in [0, 0.1) is 0 Å². The number of rotatable bonds is 13. The Morgan fingerprint density at radius 2 is 1.71 bits per heavy atom. The van der Waals surface area contributed by atoms with Gasteiger partial charge in [0.15, 0.2) is 0 Å². The van der Waals surface area contributed by atoms with Crippen LogP contribution < -0.4 is 9.62 Å².